The summed E-state index contributed by atoms with van der Waals surface area (Å²) in [5, 5.41) is 2.95. The lowest BCUT2D eigenvalue weighted by atomic mass is 9.97. The molecule has 2 aliphatic heterocycles. The Bertz CT molecular complexity index is 596. The fourth-order valence-electron chi connectivity index (χ4n) is 3.55. The Morgan fingerprint density at radius 3 is 2.68 bits per heavy atom. The van der Waals surface area contributed by atoms with E-state index in [-0.39, 0.29) is 23.8 Å². The van der Waals surface area contributed by atoms with Crippen LogP contribution in [0.3, 0.4) is 0 Å². The minimum Gasteiger partial charge on any atom is -0.378 e. The summed E-state index contributed by atoms with van der Waals surface area (Å²) in [6.07, 6.45) is 4.41. The Labute approximate surface area is 148 Å². The zero-order chi connectivity index (χ0) is 17.6. The third kappa shape index (κ3) is 4.95. The third-order valence-corrected chi connectivity index (χ3v) is 5.05. The van der Waals surface area contributed by atoms with E-state index in [1.54, 1.807) is 0 Å². The van der Waals surface area contributed by atoms with Crippen LogP contribution in [0.25, 0.3) is 0 Å². The standard InChI is InChI=1S/C19H27N3O3/c20-19(24)15-3-1-9-22(13-15)16-7-5-14(6-8-16)12-21-18(23)11-17-4-2-10-25-17/h5-8,15,17H,1-4,9-13H2,(H2,20,24)(H,21,23)/t15-,17-/m1/s1. The van der Waals surface area contributed by atoms with Crippen LogP contribution in [-0.2, 0) is 20.9 Å². The molecule has 0 aliphatic carbocycles. The zero-order valence-electron chi connectivity index (χ0n) is 14.6. The van der Waals surface area contributed by atoms with E-state index in [4.69, 9.17) is 10.5 Å². The summed E-state index contributed by atoms with van der Waals surface area (Å²) < 4.78 is 5.48. The van der Waals surface area contributed by atoms with Gasteiger partial charge in [-0.25, -0.2) is 0 Å². The fraction of sp³-hybridized carbons (Fsp3) is 0.579. The number of primary amides is 1. The molecule has 136 valence electrons. The number of hydrogen-bond donors (Lipinski definition) is 2. The van der Waals surface area contributed by atoms with Crippen LogP contribution in [0.15, 0.2) is 24.3 Å². The van der Waals surface area contributed by atoms with Crippen molar-refractivity contribution in [3.8, 4) is 0 Å². The molecule has 2 atom stereocenters. The molecule has 0 bridgehead atoms. The van der Waals surface area contributed by atoms with Gasteiger partial charge in [-0.1, -0.05) is 12.1 Å². The maximum Gasteiger partial charge on any atom is 0.222 e. The van der Waals surface area contributed by atoms with Gasteiger partial charge in [0.1, 0.15) is 0 Å². The zero-order valence-corrected chi connectivity index (χ0v) is 14.6. The minimum absolute atomic E-state index is 0.0382. The average molecular weight is 345 g/mol. The lowest BCUT2D eigenvalue weighted by Crippen LogP contribution is -2.41. The Kier molecular flexibility index (Phi) is 5.91. The summed E-state index contributed by atoms with van der Waals surface area (Å²) in [4.78, 5) is 25.6. The first-order valence-corrected chi connectivity index (χ1v) is 9.13. The summed E-state index contributed by atoms with van der Waals surface area (Å²) in [6, 6.07) is 8.14. The lowest BCUT2D eigenvalue weighted by molar-refractivity contribution is -0.123. The summed E-state index contributed by atoms with van der Waals surface area (Å²) >= 11 is 0. The molecule has 2 aliphatic rings. The predicted molar refractivity (Wildman–Crippen MR) is 96.0 cm³/mol. The maximum atomic E-state index is 11.9. The largest absolute Gasteiger partial charge is 0.378 e. The van der Waals surface area contributed by atoms with Crippen LogP contribution in [0.2, 0.25) is 0 Å². The summed E-state index contributed by atoms with van der Waals surface area (Å²) in [6.45, 7) is 2.93. The highest BCUT2D eigenvalue weighted by Crippen LogP contribution is 2.23. The molecule has 2 fully saturated rings. The number of amides is 2. The number of piperidine rings is 1. The second-order valence-corrected chi connectivity index (χ2v) is 6.97. The highest BCUT2D eigenvalue weighted by Gasteiger charge is 2.24. The molecule has 0 radical (unpaired) electrons. The van der Waals surface area contributed by atoms with Crippen LogP contribution in [0, 0.1) is 5.92 Å². The quantitative estimate of drug-likeness (QED) is 0.820. The molecule has 0 spiro atoms. The van der Waals surface area contributed by atoms with Gasteiger partial charge in [-0.3, -0.25) is 9.59 Å². The number of rotatable bonds is 6. The summed E-state index contributed by atoms with van der Waals surface area (Å²) in [5.41, 5.74) is 7.60. The van der Waals surface area contributed by atoms with Gasteiger partial charge in [-0.2, -0.15) is 0 Å². The van der Waals surface area contributed by atoms with Crippen molar-refractivity contribution in [2.24, 2.45) is 11.7 Å². The van der Waals surface area contributed by atoms with E-state index in [9.17, 15) is 9.59 Å². The molecule has 6 nitrogen and oxygen atoms in total. The molecule has 0 unspecified atom stereocenters. The fourth-order valence-corrected chi connectivity index (χ4v) is 3.55. The van der Waals surface area contributed by atoms with E-state index in [1.807, 2.05) is 24.3 Å². The highest BCUT2D eigenvalue weighted by molar-refractivity contribution is 5.77. The van der Waals surface area contributed by atoms with Crippen molar-refractivity contribution in [3.05, 3.63) is 29.8 Å². The van der Waals surface area contributed by atoms with E-state index in [0.29, 0.717) is 19.5 Å². The van der Waals surface area contributed by atoms with Crippen molar-refractivity contribution in [1.82, 2.24) is 5.32 Å². The SMILES string of the molecule is NC(=O)[C@@H]1CCCN(c2ccc(CNC(=O)C[C@H]3CCCO3)cc2)C1. The summed E-state index contributed by atoms with van der Waals surface area (Å²) in [7, 11) is 0. The molecular weight excluding hydrogens is 318 g/mol. The molecule has 0 saturated carbocycles. The Balaban J connectivity index is 1.48. The van der Waals surface area contributed by atoms with Crippen LogP contribution >= 0.6 is 0 Å². The van der Waals surface area contributed by atoms with Gasteiger partial charge in [0.05, 0.1) is 18.4 Å². The molecule has 6 heteroatoms. The highest BCUT2D eigenvalue weighted by atomic mass is 16.5. The number of hydrogen-bond acceptors (Lipinski definition) is 4. The molecular formula is C19H27N3O3. The molecule has 3 rings (SSSR count). The van der Waals surface area contributed by atoms with E-state index >= 15 is 0 Å². The van der Waals surface area contributed by atoms with Crippen LogP contribution in [0.1, 0.15) is 37.7 Å². The normalized spacial score (nSPS) is 23.4. The smallest absolute Gasteiger partial charge is 0.222 e. The van der Waals surface area contributed by atoms with E-state index in [0.717, 1.165) is 50.1 Å². The lowest BCUT2D eigenvalue weighted by Gasteiger charge is -2.33. The number of carbonyl (C=O) groups is 2. The molecule has 2 saturated heterocycles. The summed E-state index contributed by atoms with van der Waals surface area (Å²) in [5.74, 6) is -0.239. The van der Waals surface area contributed by atoms with Gasteiger partial charge < -0.3 is 20.7 Å². The Morgan fingerprint density at radius 1 is 1.20 bits per heavy atom. The topological polar surface area (TPSA) is 84.7 Å². The van der Waals surface area contributed by atoms with Crippen molar-refractivity contribution in [3.63, 3.8) is 0 Å². The number of nitrogens with two attached hydrogens (primary N) is 1. The first-order valence-electron chi connectivity index (χ1n) is 9.13. The number of benzene rings is 1. The van der Waals surface area contributed by atoms with Crippen LogP contribution in [-0.4, -0.2) is 37.6 Å². The van der Waals surface area contributed by atoms with Crippen molar-refractivity contribution in [1.29, 1.82) is 0 Å². The van der Waals surface area contributed by atoms with Gasteiger partial charge in [-0.05, 0) is 43.4 Å². The second kappa shape index (κ2) is 8.34. The first kappa shape index (κ1) is 17.7. The van der Waals surface area contributed by atoms with Gasteiger partial charge in [-0.15, -0.1) is 0 Å². The predicted octanol–water partition coefficient (Wildman–Crippen LogP) is 1.57. The number of ether oxygens (including phenoxy) is 1. The molecule has 1 aromatic rings. The number of nitrogens with zero attached hydrogens (tertiary/aromatic N) is 1. The van der Waals surface area contributed by atoms with Crippen LogP contribution in [0.5, 0.6) is 0 Å². The van der Waals surface area contributed by atoms with E-state index < -0.39 is 0 Å². The molecule has 0 aromatic heterocycles. The Hall–Kier alpha value is -2.08. The number of anilines is 1. The molecule has 1 aromatic carbocycles. The minimum atomic E-state index is -0.213. The van der Waals surface area contributed by atoms with Gasteiger partial charge in [0.2, 0.25) is 11.8 Å². The van der Waals surface area contributed by atoms with Gasteiger partial charge in [0.25, 0.3) is 0 Å². The molecule has 25 heavy (non-hydrogen) atoms. The van der Waals surface area contributed by atoms with Crippen molar-refractivity contribution < 1.29 is 14.3 Å². The molecule has 2 heterocycles. The monoisotopic (exact) mass is 345 g/mol. The average Bonchev–Trinajstić information content (AvgIpc) is 3.13. The van der Waals surface area contributed by atoms with Crippen molar-refractivity contribution in [2.45, 2.75) is 44.8 Å². The molecule has 2 amide bonds. The van der Waals surface area contributed by atoms with E-state index in [1.165, 1.54) is 0 Å². The second-order valence-electron chi connectivity index (χ2n) is 6.97. The van der Waals surface area contributed by atoms with Crippen LogP contribution in [0.4, 0.5) is 5.69 Å². The van der Waals surface area contributed by atoms with Crippen molar-refractivity contribution >= 4 is 17.5 Å². The molecule has 3 N–H and O–H groups in total. The van der Waals surface area contributed by atoms with Crippen molar-refractivity contribution in [2.75, 3.05) is 24.6 Å². The van der Waals surface area contributed by atoms with Gasteiger partial charge >= 0.3 is 0 Å². The number of carbonyl (C=O) groups excluding carboxylic acids is 2. The Morgan fingerprint density at radius 2 is 2.00 bits per heavy atom. The van der Waals surface area contributed by atoms with Gasteiger partial charge in [0, 0.05) is 31.9 Å². The number of nitrogens with one attached hydrogen (secondary N) is 1. The van der Waals surface area contributed by atoms with Gasteiger partial charge in [0.15, 0.2) is 0 Å². The maximum absolute atomic E-state index is 11.9. The van der Waals surface area contributed by atoms with Crippen LogP contribution < -0.4 is 16.0 Å². The first-order chi connectivity index (χ1) is 12.1. The van der Waals surface area contributed by atoms with E-state index in [2.05, 4.69) is 10.2 Å². The third-order valence-electron chi connectivity index (χ3n) is 5.05.